The molecular formula is C56H99N2O6P. The summed E-state index contributed by atoms with van der Waals surface area (Å²) in [6.45, 7) is 4.57. The average molecular weight is 927 g/mol. The first-order valence-electron chi connectivity index (χ1n) is 26.1. The lowest BCUT2D eigenvalue weighted by molar-refractivity contribution is -0.870. The van der Waals surface area contributed by atoms with Crippen molar-refractivity contribution in [3.8, 4) is 0 Å². The Bertz CT molecular complexity index is 1370. The summed E-state index contributed by atoms with van der Waals surface area (Å²) in [5.41, 5.74) is 0. The third kappa shape index (κ3) is 49.2. The van der Waals surface area contributed by atoms with Crippen LogP contribution in [0.4, 0.5) is 0 Å². The largest absolute Gasteiger partial charge is 0.756 e. The van der Waals surface area contributed by atoms with Crippen molar-refractivity contribution in [2.75, 3.05) is 40.9 Å². The summed E-state index contributed by atoms with van der Waals surface area (Å²) < 4.78 is 23.3. The fourth-order valence-corrected chi connectivity index (χ4v) is 7.72. The predicted molar refractivity (Wildman–Crippen MR) is 279 cm³/mol. The van der Waals surface area contributed by atoms with E-state index >= 15 is 0 Å². The van der Waals surface area contributed by atoms with Crippen LogP contribution in [0, 0.1) is 0 Å². The van der Waals surface area contributed by atoms with Crippen molar-refractivity contribution >= 4 is 13.7 Å². The zero-order valence-electron chi connectivity index (χ0n) is 42.4. The number of hydrogen-bond acceptors (Lipinski definition) is 6. The first-order chi connectivity index (χ1) is 31.5. The van der Waals surface area contributed by atoms with Crippen LogP contribution in [-0.2, 0) is 18.4 Å². The molecule has 0 aliphatic heterocycles. The summed E-state index contributed by atoms with van der Waals surface area (Å²) in [7, 11) is 1.27. The Morgan fingerprint density at radius 1 is 0.554 bits per heavy atom. The van der Waals surface area contributed by atoms with Crippen molar-refractivity contribution in [3.05, 3.63) is 97.2 Å². The normalized spacial score (nSPS) is 14.9. The molecule has 0 spiro atoms. The fourth-order valence-electron chi connectivity index (χ4n) is 7.00. The Kier molecular flexibility index (Phi) is 44.7. The van der Waals surface area contributed by atoms with Crippen molar-refractivity contribution in [1.82, 2.24) is 5.32 Å². The van der Waals surface area contributed by atoms with Gasteiger partial charge in [-0.2, -0.15) is 0 Å². The summed E-state index contributed by atoms with van der Waals surface area (Å²) in [5, 5.41) is 13.9. The molecule has 0 aromatic carbocycles. The standard InChI is InChI=1S/C56H99N2O6P/c1-6-8-10-12-14-16-18-20-22-23-24-25-26-27-28-29-30-31-32-33-34-35-36-38-40-42-44-46-48-50-56(60)57-54(53-64-65(61,62)63-52-51-58(3,4)5)55(59)49-47-45-43-41-39-37-21-19-17-15-13-11-9-7-2/h8,10,14,16,20,22,24-25,27-28,30-31,33-34,36,38,54-55,59H,6-7,9,11-13,15,17-19,21,23,26,29,32,35,37,39-53H2,1-5H3,(H-,57,60,61,62)/b10-8-,16-14-,22-20-,25-24-,28-27-,31-30-,34-33-,38-36-. The quantitative estimate of drug-likeness (QED) is 0.0272. The van der Waals surface area contributed by atoms with E-state index in [1.807, 2.05) is 21.1 Å². The van der Waals surface area contributed by atoms with E-state index in [0.717, 1.165) is 103 Å². The van der Waals surface area contributed by atoms with E-state index in [0.29, 0.717) is 23.9 Å². The van der Waals surface area contributed by atoms with E-state index in [1.54, 1.807) is 0 Å². The van der Waals surface area contributed by atoms with Crippen molar-refractivity contribution in [2.45, 2.75) is 212 Å². The second kappa shape index (κ2) is 46.5. The highest BCUT2D eigenvalue weighted by Crippen LogP contribution is 2.38. The van der Waals surface area contributed by atoms with Gasteiger partial charge in [0.25, 0.3) is 7.82 Å². The minimum Gasteiger partial charge on any atom is -0.756 e. The first-order valence-corrected chi connectivity index (χ1v) is 27.5. The number of amides is 1. The molecule has 0 fully saturated rings. The third-order valence-corrected chi connectivity index (χ3v) is 12.1. The van der Waals surface area contributed by atoms with Crippen LogP contribution < -0.4 is 10.2 Å². The molecular weight excluding hydrogens is 828 g/mol. The molecule has 0 heterocycles. The molecule has 0 saturated heterocycles. The molecule has 0 aliphatic rings. The van der Waals surface area contributed by atoms with Gasteiger partial charge in [-0.15, -0.1) is 0 Å². The van der Waals surface area contributed by atoms with Gasteiger partial charge in [-0.1, -0.05) is 214 Å². The van der Waals surface area contributed by atoms with Crippen molar-refractivity contribution in [2.24, 2.45) is 0 Å². The lowest BCUT2D eigenvalue weighted by Gasteiger charge is -2.30. The smallest absolute Gasteiger partial charge is 0.268 e. The number of carbonyl (C=O) groups is 1. The van der Waals surface area contributed by atoms with Gasteiger partial charge in [-0.05, 0) is 77.0 Å². The molecule has 65 heavy (non-hydrogen) atoms. The molecule has 2 N–H and O–H groups in total. The monoisotopic (exact) mass is 927 g/mol. The molecule has 1 amide bonds. The fraction of sp³-hybridized carbons (Fsp3) is 0.696. The van der Waals surface area contributed by atoms with Crippen LogP contribution in [-0.4, -0.2) is 68.5 Å². The van der Waals surface area contributed by atoms with Gasteiger partial charge in [-0.3, -0.25) is 9.36 Å². The minimum atomic E-state index is -4.58. The summed E-state index contributed by atoms with van der Waals surface area (Å²) in [6.07, 6.45) is 65.6. The van der Waals surface area contributed by atoms with Crippen molar-refractivity contribution in [1.29, 1.82) is 0 Å². The van der Waals surface area contributed by atoms with Crippen molar-refractivity contribution < 1.29 is 32.9 Å². The zero-order valence-corrected chi connectivity index (χ0v) is 43.3. The van der Waals surface area contributed by atoms with Crippen LogP contribution in [0.1, 0.15) is 200 Å². The number of carbonyl (C=O) groups excluding carboxylic acids is 1. The summed E-state index contributed by atoms with van der Waals surface area (Å²) >= 11 is 0. The summed E-state index contributed by atoms with van der Waals surface area (Å²) in [4.78, 5) is 25.4. The van der Waals surface area contributed by atoms with Gasteiger partial charge >= 0.3 is 0 Å². The molecule has 0 aromatic heterocycles. The number of phosphoric ester groups is 1. The third-order valence-electron chi connectivity index (χ3n) is 11.1. The van der Waals surface area contributed by atoms with Gasteiger partial charge in [0, 0.05) is 6.42 Å². The molecule has 0 aromatic rings. The van der Waals surface area contributed by atoms with E-state index in [4.69, 9.17) is 9.05 Å². The van der Waals surface area contributed by atoms with Gasteiger partial charge in [0.2, 0.25) is 5.91 Å². The Morgan fingerprint density at radius 2 is 0.938 bits per heavy atom. The van der Waals surface area contributed by atoms with Crippen LogP contribution in [0.15, 0.2) is 97.2 Å². The van der Waals surface area contributed by atoms with Crippen LogP contribution >= 0.6 is 7.82 Å². The number of rotatable bonds is 46. The Hall–Kier alpha value is -2.58. The maximum absolute atomic E-state index is 12.9. The number of aliphatic hydroxyl groups excluding tert-OH is 1. The first kappa shape index (κ1) is 62.4. The molecule has 374 valence electrons. The number of allylic oxidation sites excluding steroid dienone is 16. The van der Waals surface area contributed by atoms with Crippen LogP contribution in [0.3, 0.4) is 0 Å². The maximum atomic E-state index is 12.9. The van der Waals surface area contributed by atoms with E-state index in [9.17, 15) is 19.4 Å². The number of likely N-dealkylation sites (N-methyl/N-ethyl adjacent to an activating group) is 1. The Morgan fingerprint density at radius 3 is 1.37 bits per heavy atom. The van der Waals surface area contributed by atoms with E-state index in [-0.39, 0.29) is 19.1 Å². The second-order valence-electron chi connectivity index (χ2n) is 18.5. The average Bonchev–Trinajstić information content (AvgIpc) is 3.26. The van der Waals surface area contributed by atoms with Crippen LogP contribution in [0.25, 0.3) is 0 Å². The van der Waals surface area contributed by atoms with Gasteiger partial charge < -0.3 is 28.8 Å². The number of nitrogens with one attached hydrogen (secondary N) is 1. The molecule has 8 nitrogen and oxygen atoms in total. The molecule has 0 aliphatic carbocycles. The molecule has 0 rings (SSSR count). The number of quaternary nitrogens is 1. The molecule has 3 unspecified atom stereocenters. The molecule has 3 atom stereocenters. The SMILES string of the molecule is CC/C=C\C/C=C\C/C=C\C/C=C\C/C=C\C/C=C\C/C=C\C/C=C\CCCCCCC(=O)NC(COP(=O)([O-])OCC[N+](C)(C)C)C(O)CCCCCCCCCCCCCCCC. The summed E-state index contributed by atoms with van der Waals surface area (Å²) in [5.74, 6) is -0.194. The Labute approximate surface area is 400 Å². The van der Waals surface area contributed by atoms with Crippen LogP contribution in [0.2, 0.25) is 0 Å². The number of hydrogen-bond donors (Lipinski definition) is 2. The predicted octanol–water partition coefficient (Wildman–Crippen LogP) is 14.8. The lowest BCUT2D eigenvalue weighted by atomic mass is 10.0. The van der Waals surface area contributed by atoms with Gasteiger partial charge in [0.05, 0.1) is 39.9 Å². The van der Waals surface area contributed by atoms with Gasteiger partial charge in [0.1, 0.15) is 13.2 Å². The minimum absolute atomic E-state index is 0.00146. The highest BCUT2D eigenvalue weighted by atomic mass is 31.2. The van der Waals surface area contributed by atoms with E-state index in [1.165, 1.54) is 70.6 Å². The summed E-state index contributed by atoms with van der Waals surface area (Å²) in [6, 6.07) is -0.821. The van der Waals surface area contributed by atoms with Crippen molar-refractivity contribution in [3.63, 3.8) is 0 Å². The highest BCUT2D eigenvalue weighted by molar-refractivity contribution is 7.45. The second-order valence-corrected chi connectivity index (χ2v) is 19.9. The molecule has 9 heteroatoms. The molecule has 0 saturated carbocycles. The lowest BCUT2D eigenvalue weighted by Crippen LogP contribution is -2.46. The highest BCUT2D eigenvalue weighted by Gasteiger charge is 2.24. The number of nitrogens with zero attached hydrogens (tertiary/aromatic N) is 1. The van der Waals surface area contributed by atoms with E-state index < -0.39 is 20.0 Å². The molecule has 0 radical (unpaired) electrons. The number of phosphoric acid groups is 1. The molecule has 0 bridgehead atoms. The van der Waals surface area contributed by atoms with E-state index in [2.05, 4.69) is 116 Å². The maximum Gasteiger partial charge on any atom is 0.268 e. The van der Waals surface area contributed by atoms with Gasteiger partial charge in [-0.25, -0.2) is 0 Å². The van der Waals surface area contributed by atoms with Gasteiger partial charge in [0.15, 0.2) is 0 Å². The van der Waals surface area contributed by atoms with Crippen LogP contribution in [0.5, 0.6) is 0 Å². The number of unbranched alkanes of at least 4 members (excludes halogenated alkanes) is 17. The zero-order chi connectivity index (χ0) is 47.8. The number of aliphatic hydroxyl groups is 1. The topological polar surface area (TPSA) is 108 Å². The Balaban J connectivity index is 4.30.